The molecule has 1 rings (SSSR count). The van der Waals surface area contributed by atoms with Gasteiger partial charge in [0.15, 0.2) is 5.96 Å². The van der Waals surface area contributed by atoms with Crippen molar-refractivity contribution in [2.45, 2.75) is 26.7 Å². The second kappa shape index (κ2) is 6.93. The van der Waals surface area contributed by atoms with Crippen LogP contribution in [-0.4, -0.2) is 28.8 Å². The lowest BCUT2D eigenvalue weighted by Gasteiger charge is -2.06. The van der Waals surface area contributed by atoms with Gasteiger partial charge < -0.3 is 11.1 Å². The van der Waals surface area contributed by atoms with E-state index in [2.05, 4.69) is 29.3 Å². The average molecular weight is 237 g/mol. The molecule has 96 valence electrons. The van der Waals surface area contributed by atoms with Gasteiger partial charge in [0.25, 0.3) is 0 Å². The van der Waals surface area contributed by atoms with Crippen molar-refractivity contribution < 1.29 is 0 Å². The Bertz CT molecular complexity index is 354. The van der Waals surface area contributed by atoms with Crippen molar-refractivity contribution >= 4 is 5.96 Å². The Balaban J connectivity index is 2.20. The van der Waals surface area contributed by atoms with Crippen molar-refractivity contribution in [1.82, 2.24) is 15.1 Å². The van der Waals surface area contributed by atoms with Crippen LogP contribution in [0.1, 0.15) is 26.0 Å². The SMILES string of the molecule is CC(C)CCN=C(N)NCCc1ccnn1C. The van der Waals surface area contributed by atoms with Gasteiger partial charge in [0.1, 0.15) is 0 Å². The average Bonchev–Trinajstić information content (AvgIpc) is 2.64. The molecule has 1 heterocycles. The van der Waals surface area contributed by atoms with Gasteiger partial charge in [0.05, 0.1) is 0 Å². The summed E-state index contributed by atoms with van der Waals surface area (Å²) in [5, 5.41) is 7.22. The fourth-order valence-electron chi connectivity index (χ4n) is 1.46. The maximum Gasteiger partial charge on any atom is 0.188 e. The minimum atomic E-state index is 0.535. The standard InChI is InChI=1S/C12H23N5/c1-10(2)4-7-14-12(13)15-8-5-11-6-9-16-17(11)3/h6,9-10H,4-5,7-8H2,1-3H3,(H3,13,14,15). The molecule has 0 amide bonds. The Morgan fingerprint density at radius 2 is 2.35 bits per heavy atom. The van der Waals surface area contributed by atoms with Crippen LogP contribution in [0.3, 0.4) is 0 Å². The maximum atomic E-state index is 5.75. The van der Waals surface area contributed by atoms with Crippen molar-refractivity contribution in [3.05, 3.63) is 18.0 Å². The van der Waals surface area contributed by atoms with Gasteiger partial charge in [-0.15, -0.1) is 0 Å². The van der Waals surface area contributed by atoms with Crippen LogP contribution in [0, 0.1) is 5.92 Å². The fraction of sp³-hybridized carbons (Fsp3) is 0.667. The van der Waals surface area contributed by atoms with Gasteiger partial charge in [-0.25, -0.2) is 0 Å². The third kappa shape index (κ3) is 5.38. The van der Waals surface area contributed by atoms with E-state index in [-0.39, 0.29) is 0 Å². The first-order valence-corrected chi connectivity index (χ1v) is 6.10. The summed E-state index contributed by atoms with van der Waals surface area (Å²) < 4.78 is 1.87. The smallest absolute Gasteiger partial charge is 0.188 e. The molecule has 0 spiro atoms. The summed E-state index contributed by atoms with van der Waals surface area (Å²) in [6.45, 7) is 5.95. The summed E-state index contributed by atoms with van der Waals surface area (Å²) in [6.07, 6.45) is 3.77. The molecule has 0 atom stereocenters. The number of aryl methyl sites for hydroxylation is 1. The quantitative estimate of drug-likeness (QED) is 0.571. The van der Waals surface area contributed by atoms with Crippen LogP contribution in [0.4, 0.5) is 0 Å². The monoisotopic (exact) mass is 237 g/mol. The number of nitrogens with one attached hydrogen (secondary N) is 1. The van der Waals surface area contributed by atoms with E-state index in [0.717, 1.165) is 25.9 Å². The molecule has 0 aliphatic heterocycles. The second-order valence-corrected chi connectivity index (χ2v) is 4.57. The molecular formula is C12H23N5. The molecule has 0 unspecified atom stereocenters. The van der Waals surface area contributed by atoms with Gasteiger partial charge in [-0.05, 0) is 18.4 Å². The first-order valence-electron chi connectivity index (χ1n) is 6.10. The van der Waals surface area contributed by atoms with Crippen LogP contribution in [0.5, 0.6) is 0 Å². The molecule has 3 N–H and O–H groups in total. The van der Waals surface area contributed by atoms with E-state index in [4.69, 9.17) is 5.73 Å². The lowest BCUT2D eigenvalue weighted by Crippen LogP contribution is -2.33. The number of hydrogen-bond acceptors (Lipinski definition) is 2. The Hall–Kier alpha value is -1.52. The molecule has 5 heteroatoms. The number of aromatic nitrogens is 2. The van der Waals surface area contributed by atoms with Crippen molar-refractivity contribution in [1.29, 1.82) is 0 Å². The maximum absolute atomic E-state index is 5.75. The molecule has 1 aromatic rings. The van der Waals surface area contributed by atoms with Crippen molar-refractivity contribution in [3.63, 3.8) is 0 Å². The first kappa shape index (κ1) is 13.5. The van der Waals surface area contributed by atoms with E-state index in [1.807, 2.05) is 17.8 Å². The highest BCUT2D eigenvalue weighted by Gasteiger charge is 1.98. The Morgan fingerprint density at radius 3 is 2.94 bits per heavy atom. The number of nitrogens with two attached hydrogens (primary N) is 1. The molecule has 0 fully saturated rings. The number of nitrogens with zero attached hydrogens (tertiary/aromatic N) is 3. The van der Waals surface area contributed by atoms with E-state index >= 15 is 0 Å². The third-order valence-corrected chi connectivity index (χ3v) is 2.60. The van der Waals surface area contributed by atoms with Crippen molar-refractivity contribution in [3.8, 4) is 0 Å². The van der Waals surface area contributed by atoms with Crippen molar-refractivity contribution in [2.75, 3.05) is 13.1 Å². The number of aliphatic imine (C=N–C) groups is 1. The largest absolute Gasteiger partial charge is 0.370 e. The minimum absolute atomic E-state index is 0.535. The van der Waals surface area contributed by atoms with E-state index in [1.165, 1.54) is 5.69 Å². The highest BCUT2D eigenvalue weighted by Crippen LogP contribution is 1.98. The summed E-state index contributed by atoms with van der Waals surface area (Å²) in [6, 6.07) is 2.01. The number of rotatable bonds is 6. The zero-order chi connectivity index (χ0) is 12.7. The van der Waals surface area contributed by atoms with Crippen LogP contribution >= 0.6 is 0 Å². The summed E-state index contributed by atoms with van der Waals surface area (Å²) in [5.41, 5.74) is 6.94. The van der Waals surface area contributed by atoms with Gasteiger partial charge in [-0.1, -0.05) is 13.8 Å². The van der Waals surface area contributed by atoms with E-state index in [0.29, 0.717) is 11.9 Å². The zero-order valence-corrected chi connectivity index (χ0v) is 11.0. The molecule has 1 aromatic heterocycles. The Labute approximate surface area is 103 Å². The van der Waals surface area contributed by atoms with E-state index < -0.39 is 0 Å². The highest BCUT2D eigenvalue weighted by molar-refractivity contribution is 5.77. The lowest BCUT2D eigenvalue weighted by molar-refractivity contribution is 0.595. The van der Waals surface area contributed by atoms with Crippen LogP contribution < -0.4 is 11.1 Å². The molecule has 0 aromatic carbocycles. The third-order valence-electron chi connectivity index (χ3n) is 2.60. The topological polar surface area (TPSA) is 68.2 Å². The Kier molecular flexibility index (Phi) is 5.52. The molecule has 5 nitrogen and oxygen atoms in total. The predicted octanol–water partition coefficient (Wildman–Crippen LogP) is 0.913. The normalized spacial score (nSPS) is 12.1. The summed E-state index contributed by atoms with van der Waals surface area (Å²) >= 11 is 0. The fourth-order valence-corrected chi connectivity index (χ4v) is 1.46. The van der Waals surface area contributed by atoms with Gasteiger partial charge in [0, 0.05) is 38.4 Å². The molecular weight excluding hydrogens is 214 g/mol. The number of hydrogen-bond donors (Lipinski definition) is 2. The van der Waals surface area contributed by atoms with Crippen LogP contribution in [0.25, 0.3) is 0 Å². The highest BCUT2D eigenvalue weighted by atomic mass is 15.3. The molecule has 0 bridgehead atoms. The summed E-state index contributed by atoms with van der Waals surface area (Å²) in [7, 11) is 1.94. The Morgan fingerprint density at radius 1 is 1.59 bits per heavy atom. The lowest BCUT2D eigenvalue weighted by atomic mass is 10.1. The van der Waals surface area contributed by atoms with Crippen LogP contribution in [0.2, 0.25) is 0 Å². The summed E-state index contributed by atoms with van der Waals surface area (Å²) in [5.74, 6) is 1.20. The molecule has 0 radical (unpaired) electrons. The molecule has 0 saturated heterocycles. The molecule has 0 aliphatic rings. The number of guanidine groups is 1. The molecule has 0 aliphatic carbocycles. The predicted molar refractivity (Wildman–Crippen MR) is 70.9 cm³/mol. The van der Waals surface area contributed by atoms with Gasteiger partial charge >= 0.3 is 0 Å². The van der Waals surface area contributed by atoms with Gasteiger partial charge in [0.2, 0.25) is 0 Å². The van der Waals surface area contributed by atoms with Crippen molar-refractivity contribution in [2.24, 2.45) is 23.7 Å². The zero-order valence-electron chi connectivity index (χ0n) is 11.0. The minimum Gasteiger partial charge on any atom is -0.370 e. The molecule has 17 heavy (non-hydrogen) atoms. The van der Waals surface area contributed by atoms with Crippen LogP contribution in [0.15, 0.2) is 17.3 Å². The molecule has 0 saturated carbocycles. The van der Waals surface area contributed by atoms with Crippen LogP contribution in [-0.2, 0) is 13.5 Å². The van der Waals surface area contributed by atoms with E-state index in [9.17, 15) is 0 Å². The van der Waals surface area contributed by atoms with E-state index in [1.54, 1.807) is 6.20 Å². The van der Waals surface area contributed by atoms with Gasteiger partial charge in [-0.2, -0.15) is 5.10 Å². The first-order chi connectivity index (χ1) is 8.09. The summed E-state index contributed by atoms with van der Waals surface area (Å²) in [4.78, 5) is 4.27. The van der Waals surface area contributed by atoms with Gasteiger partial charge in [-0.3, -0.25) is 9.67 Å². The second-order valence-electron chi connectivity index (χ2n) is 4.57.